The van der Waals surface area contributed by atoms with Crippen molar-refractivity contribution in [3.8, 4) is 11.5 Å². The fourth-order valence-electron chi connectivity index (χ4n) is 1.65. The van der Waals surface area contributed by atoms with Crippen LogP contribution in [-0.4, -0.2) is 18.4 Å². The van der Waals surface area contributed by atoms with Crippen LogP contribution in [0.15, 0.2) is 23.3 Å². The number of benzene rings is 1. The third-order valence-corrected chi connectivity index (χ3v) is 2.62. The zero-order chi connectivity index (χ0) is 13.0. The molecule has 0 bridgehead atoms. The second kappa shape index (κ2) is 5.53. The molecule has 1 heterocycles. The van der Waals surface area contributed by atoms with Crippen LogP contribution >= 0.6 is 0 Å². The van der Waals surface area contributed by atoms with Crippen LogP contribution in [0.3, 0.4) is 0 Å². The molecule has 1 aromatic carbocycles. The molecule has 0 radical (unpaired) electrons. The Morgan fingerprint density at radius 3 is 2.89 bits per heavy atom. The molecule has 1 aliphatic rings. The van der Waals surface area contributed by atoms with E-state index in [1.165, 1.54) is 6.92 Å². The van der Waals surface area contributed by atoms with Crippen molar-refractivity contribution in [3.63, 3.8) is 0 Å². The third-order valence-electron chi connectivity index (χ3n) is 2.62. The van der Waals surface area contributed by atoms with Gasteiger partial charge in [0.15, 0.2) is 11.5 Å². The lowest BCUT2D eigenvalue weighted by Gasteiger charge is -2.03. The lowest BCUT2D eigenvalue weighted by Crippen LogP contribution is -2.14. The number of rotatable bonds is 4. The summed E-state index contributed by atoms with van der Waals surface area (Å²) in [6.45, 7) is 3.62. The summed E-state index contributed by atoms with van der Waals surface area (Å²) in [7, 11) is 0. The van der Waals surface area contributed by atoms with E-state index in [4.69, 9.17) is 9.47 Å². The number of hydrogen-bond acceptors (Lipinski definition) is 4. The van der Waals surface area contributed by atoms with Crippen molar-refractivity contribution in [1.82, 2.24) is 5.43 Å². The highest BCUT2D eigenvalue weighted by Gasteiger charge is 2.12. The largest absolute Gasteiger partial charge is 0.454 e. The SMILES string of the molecule is CC(=O)N/N=C(\C)CCc1ccc2c(c1)OCO2. The van der Waals surface area contributed by atoms with Gasteiger partial charge in [-0.2, -0.15) is 5.10 Å². The van der Waals surface area contributed by atoms with Gasteiger partial charge < -0.3 is 9.47 Å². The van der Waals surface area contributed by atoms with E-state index in [0.29, 0.717) is 6.79 Å². The molecule has 0 fully saturated rings. The zero-order valence-electron chi connectivity index (χ0n) is 10.5. The minimum Gasteiger partial charge on any atom is -0.454 e. The molecule has 18 heavy (non-hydrogen) atoms. The summed E-state index contributed by atoms with van der Waals surface area (Å²) in [5.41, 5.74) is 4.48. The smallest absolute Gasteiger partial charge is 0.236 e. The monoisotopic (exact) mass is 248 g/mol. The van der Waals surface area contributed by atoms with Gasteiger partial charge in [-0.15, -0.1) is 0 Å². The Morgan fingerprint density at radius 2 is 2.11 bits per heavy atom. The van der Waals surface area contributed by atoms with E-state index in [-0.39, 0.29) is 5.91 Å². The lowest BCUT2D eigenvalue weighted by molar-refractivity contribution is -0.118. The van der Waals surface area contributed by atoms with Crippen molar-refractivity contribution in [1.29, 1.82) is 0 Å². The molecule has 1 amide bonds. The summed E-state index contributed by atoms with van der Waals surface area (Å²) >= 11 is 0. The van der Waals surface area contributed by atoms with Gasteiger partial charge in [-0.3, -0.25) is 4.79 Å². The lowest BCUT2D eigenvalue weighted by atomic mass is 10.1. The predicted octanol–water partition coefficient (Wildman–Crippen LogP) is 1.86. The number of amides is 1. The van der Waals surface area contributed by atoms with Gasteiger partial charge >= 0.3 is 0 Å². The van der Waals surface area contributed by atoms with Gasteiger partial charge in [0, 0.05) is 12.6 Å². The normalized spacial score (nSPS) is 13.6. The first-order chi connectivity index (χ1) is 8.65. The summed E-state index contributed by atoms with van der Waals surface area (Å²) in [4.78, 5) is 10.7. The van der Waals surface area contributed by atoms with E-state index in [0.717, 1.165) is 35.6 Å². The van der Waals surface area contributed by atoms with Crippen LogP contribution in [0.4, 0.5) is 0 Å². The second-order valence-electron chi connectivity index (χ2n) is 4.20. The summed E-state index contributed by atoms with van der Waals surface area (Å²) in [6, 6.07) is 5.91. The number of aryl methyl sites for hydroxylation is 1. The summed E-state index contributed by atoms with van der Waals surface area (Å²) < 4.78 is 10.6. The average molecular weight is 248 g/mol. The first kappa shape index (κ1) is 12.4. The van der Waals surface area contributed by atoms with Crippen LogP contribution in [0, 0.1) is 0 Å². The van der Waals surface area contributed by atoms with Crippen LogP contribution in [-0.2, 0) is 11.2 Å². The van der Waals surface area contributed by atoms with E-state index in [2.05, 4.69) is 10.5 Å². The molecule has 0 saturated heterocycles. The number of carbonyl (C=O) groups excluding carboxylic acids is 1. The fraction of sp³-hybridized carbons (Fsp3) is 0.385. The highest BCUT2D eigenvalue weighted by atomic mass is 16.7. The van der Waals surface area contributed by atoms with Crippen LogP contribution in [0.25, 0.3) is 0 Å². The summed E-state index contributed by atoms with van der Waals surface area (Å²) in [6.07, 6.45) is 1.64. The van der Waals surface area contributed by atoms with Crippen molar-refractivity contribution in [2.75, 3.05) is 6.79 Å². The van der Waals surface area contributed by atoms with Crippen molar-refractivity contribution in [2.24, 2.45) is 5.10 Å². The molecule has 0 saturated carbocycles. The first-order valence-electron chi connectivity index (χ1n) is 5.83. The quantitative estimate of drug-likeness (QED) is 0.653. The van der Waals surface area contributed by atoms with Crippen LogP contribution in [0.2, 0.25) is 0 Å². The van der Waals surface area contributed by atoms with E-state index < -0.39 is 0 Å². The Labute approximate surface area is 106 Å². The van der Waals surface area contributed by atoms with Gasteiger partial charge in [0.1, 0.15) is 0 Å². The molecule has 1 aromatic rings. The van der Waals surface area contributed by atoms with Crippen molar-refractivity contribution < 1.29 is 14.3 Å². The molecule has 0 spiro atoms. The number of hydrazone groups is 1. The number of ether oxygens (including phenoxy) is 2. The van der Waals surface area contributed by atoms with Crippen LogP contribution in [0.1, 0.15) is 25.8 Å². The number of nitrogens with zero attached hydrogens (tertiary/aromatic N) is 1. The maximum absolute atomic E-state index is 10.7. The molecule has 5 nitrogen and oxygen atoms in total. The van der Waals surface area contributed by atoms with Gasteiger partial charge in [0.05, 0.1) is 0 Å². The molecule has 0 aromatic heterocycles. The summed E-state index contributed by atoms with van der Waals surface area (Å²) in [5.74, 6) is 1.43. The highest BCUT2D eigenvalue weighted by Crippen LogP contribution is 2.32. The Balaban J connectivity index is 1.90. The number of fused-ring (bicyclic) bond motifs is 1. The standard InChI is InChI=1S/C13H16N2O3/c1-9(14-15-10(2)16)3-4-11-5-6-12-13(7-11)18-8-17-12/h5-7H,3-4,8H2,1-2H3,(H,15,16)/b14-9+. The highest BCUT2D eigenvalue weighted by molar-refractivity contribution is 5.84. The molecule has 1 N–H and O–H groups in total. The van der Waals surface area contributed by atoms with E-state index in [9.17, 15) is 4.79 Å². The van der Waals surface area contributed by atoms with Gasteiger partial charge in [0.25, 0.3) is 0 Å². The Kier molecular flexibility index (Phi) is 3.82. The number of nitrogens with one attached hydrogen (secondary N) is 1. The predicted molar refractivity (Wildman–Crippen MR) is 67.8 cm³/mol. The van der Waals surface area contributed by atoms with Gasteiger partial charge in [-0.25, -0.2) is 5.43 Å². The van der Waals surface area contributed by atoms with Crippen molar-refractivity contribution >= 4 is 11.6 Å². The zero-order valence-corrected chi connectivity index (χ0v) is 10.5. The maximum Gasteiger partial charge on any atom is 0.236 e. The molecule has 5 heteroatoms. The number of hydrogen-bond donors (Lipinski definition) is 1. The van der Waals surface area contributed by atoms with Crippen molar-refractivity contribution in [2.45, 2.75) is 26.7 Å². The average Bonchev–Trinajstić information content (AvgIpc) is 2.81. The minimum absolute atomic E-state index is 0.155. The molecule has 1 aliphatic heterocycles. The Morgan fingerprint density at radius 1 is 1.33 bits per heavy atom. The van der Waals surface area contributed by atoms with Crippen LogP contribution < -0.4 is 14.9 Å². The van der Waals surface area contributed by atoms with Gasteiger partial charge in [-0.05, 0) is 37.5 Å². The molecule has 0 atom stereocenters. The molecular weight excluding hydrogens is 232 g/mol. The Hall–Kier alpha value is -2.04. The second-order valence-corrected chi connectivity index (χ2v) is 4.20. The summed E-state index contributed by atoms with van der Waals surface area (Å²) in [5, 5.41) is 3.97. The van der Waals surface area contributed by atoms with Crippen LogP contribution in [0.5, 0.6) is 11.5 Å². The first-order valence-corrected chi connectivity index (χ1v) is 5.83. The molecule has 96 valence electrons. The topological polar surface area (TPSA) is 59.9 Å². The third kappa shape index (κ3) is 3.23. The van der Waals surface area contributed by atoms with Crippen molar-refractivity contribution in [3.05, 3.63) is 23.8 Å². The Bertz CT molecular complexity index is 483. The molecule has 0 unspecified atom stereocenters. The molecule has 0 aliphatic carbocycles. The van der Waals surface area contributed by atoms with E-state index in [1.807, 2.05) is 25.1 Å². The fourth-order valence-corrected chi connectivity index (χ4v) is 1.65. The molecule has 2 rings (SSSR count). The maximum atomic E-state index is 10.7. The minimum atomic E-state index is -0.155. The number of carbonyl (C=O) groups is 1. The molecular formula is C13H16N2O3. The van der Waals surface area contributed by atoms with Gasteiger partial charge in [-0.1, -0.05) is 6.07 Å². The van der Waals surface area contributed by atoms with E-state index in [1.54, 1.807) is 0 Å². The van der Waals surface area contributed by atoms with Gasteiger partial charge in [0.2, 0.25) is 12.7 Å². The van der Waals surface area contributed by atoms with E-state index >= 15 is 0 Å².